The number of benzene rings is 2. The molecule has 0 spiro atoms. The van der Waals surface area contributed by atoms with Crippen molar-refractivity contribution in [3.63, 3.8) is 0 Å². The van der Waals surface area contributed by atoms with E-state index in [9.17, 15) is 9.59 Å². The van der Waals surface area contributed by atoms with Gasteiger partial charge in [0, 0.05) is 30.1 Å². The van der Waals surface area contributed by atoms with Gasteiger partial charge >= 0.3 is 0 Å². The summed E-state index contributed by atoms with van der Waals surface area (Å²) in [6.07, 6.45) is 3.55. The van der Waals surface area contributed by atoms with Crippen LogP contribution in [0.3, 0.4) is 0 Å². The van der Waals surface area contributed by atoms with Gasteiger partial charge in [-0.1, -0.05) is 37.3 Å². The molecule has 2 amide bonds. The Bertz CT molecular complexity index is 773. The van der Waals surface area contributed by atoms with Crippen molar-refractivity contribution in [1.29, 1.82) is 0 Å². The Balaban J connectivity index is 1.44. The number of anilines is 1. The Morgan fingerprint density at radius 3 is 2.43 bits per heavy atom. The maximum absolute atomic E-state index is 12.5. The molecule has 3 rings (SSSR count). The quantitative estimate of drug-likeness (QED) is 0.626. The van der Waals surface area contributed by atoms with Crippen LogP contribution in [-0.4, -0.2) is 35.6 Å². The number of carbonyl (C=O) groups is 2. The lowest BCUT2D eigenvalue weighted by molar-refractivity contribution is -0.128. The SMILES string of the molecule is CCCN(CC1CC1)C(=O)CSCc1ccc(C(=O)Nc2ccccc2)cc1. The van der Waals surface area contributed by atoms with Crippen LogP contribution in [0.25, 0.3) is 0 Å². The zero-order chi connectivity index (χ0) is 19.8. The maximum Gasteiger partial charge on any atom is 0.255 e. The van der Waals surface area contributed by atoms with Gasteiger partial charge in [-0.15, -0.1) is 11.8 Å². The predicted octanol–water partition coefficient (Wildman–Crippen LogP) is 4.82. The summed E-state index contributed by atoms with van der Waals surface area (Å²) in [6, 6.07) is 17.0. The fourth-order valence-electron chi connectivity index (χ4n) is 3.02. The van der Waals surface area contributed by atoms with Crippen molar-refractivity contribution in [1.82, 2.24) is 4.90 Å². The van der Waals surface area contributed by atoms with Crippen LogP contribution in [0.4, 0.5) is 5.69 Å². The average Bonchev–Trinajstić information content (AvgIpc) is 3.53. The molecule has 0 unspecified atom stereocenters. The third-order valence-electron chi connectivity index (χ3n) is 4.76. The Labute approximate surface area is 171 Å². The average molecular weight is 397 g/mol. The van der Waals surface area contributed by atoms with E-state index in [1.165, 1.54) is 12.8 Å². The van der Waals surface area contributed by atoms with E-state index in [4.69, 9.17) is 0 Å². The second kappa shape index (κ2) is 10.3. The van der Waals surface area contributed by atoms with E-state index in [0.29, 0.717) is 11.3 Å². The van der Waals surface area contributed by atoms with Gasteiger partial charge in [-0.3, -0.25) is 9.59 Å². The molecule has 148 valence electrons. The molecule has 1 aliphatic carbocycles. The van der Waals surface area contributed by atoms with E-state index in [2.05, 4.69) is 12.2 Å². The van der Waals surface area contributed by atoms with E-state index >= 15 is 0 Å². The van der Waals surface area contributed by atoms with Crippen molar-refractivity contribution in [3.05, 3.63) is 65.7 Å². The monoisotopic (exact) mass is 396 g/mol. The summed E-state index contributed by atoms with van der Waals surface area (Å²) in [7, 11) is 0. The molecule has 0 heterocycles. The van der Waals surface area contributed by atoms with Crippen molar-refractivity contribution in [2.24, 2.45) is 5.92 Å². The van der Waals surface area contributed by atoms with E-state index in [0.717, 1.165) is 42.4 Å². The molecule has 0 radical (unpaired) electrons. The lowest BCUT2D eigenvalue weighted by atomic mass is 10.1. The van der Waals surface area contributed by atoms with Crippen LogP contribution in [0.2, 0.25) is 0 Å². The molecule has 0 atom stereocenters. The molecule has 4 nitrogen and oxygen atoms in total. The molecule has 0 aliphatic heterocycles. The van der Waals surface area contributed by atoms with Gasteiger partial charge < -0.3 is 10.2 Å². The zero-order valence-corrected chi connectivity index (χ0v) is 17.2. The molecule has 0 bridgehead atoms. The molecule has 2 aromatic carbocycles. The molecule has 0 saturated heterocycles. The Morgan fingerprint density at radius 2 is 1.79 bits per heavy atom. The smallest absolute Gasteiger partial charge is 0.255 e. The predicted molar refractivity (Wildman–Crippen MR) is 117 cm³/mol. The summed E-state index contributed by atoms with van der Waals surface area (Å²) in [4.78, 5) is 26.8. The number of amides is 2. The number of thioether (sulfide) groups is 1. The fraction of sp³-hybridized carbons (Fsp3) is 0.391. The highest BCUT2D eigenvalue weighted by molar-refractivity contribution is 7.99. The molecule has 2 aromatic rings. The van der Waals surface area contributed by atoms with Crippen LogP contribution >= 0.6 is 11.8 Å². The second-order valence-corrected chi connectivity index (χ2v) is 8.28. The van der Waals surface area contributed by atoms with Crippen molar-refractivity contribution >= 4 is 29.3 Å². The van der Waals surface area contributed by atoms with Crippen molar-refractivity contribution in [2.45, 2.75) is 31.9 Å². The lowest BCUT2D eigenvalue weighted by Gasteiger charge is -2.21. The van der Waals surface area contributed by atoms with Gasteiger partial charge in [-0.05, 0) is 55.0 Å². The third kappa shape index (κ3) is 6.41. The van der Waals surface area contributed by atoms with Crippen LogP contribution in [0.5, 0.6) is 0 Å². The van der Waals surface area contributed by atoms with Crippen LogP contribution < -0.4 is 5.32 Å². The largest absolute Gasteiger partial charge is 0.342 e. The third-order valence-corrected chi connectivity index (χ3v) is 5.75. The standard InChI is InChI=1S/C23H28N2O2S/c1-2-14-25(15-18-8-9-18)22(26)17-28-16-19-10-12-20(13-11-19)23(27)24-21-6-4-3-5-7-21/h3-7,10-13,18H,2,8-9,14-17H2,1H3,(H,24,27). The van der Waals surface area contributed by atoms with Gasteiger partial charge in [0.1, 0.15) is 0 Å². The van der Waals surface area contributed by atoms with Crippen LogP contribution in [0, 0.1) is 5.92 Å². The molecule has 1 saturated carbocycles. The minimum absolute atomic E-state index is 0.115. The van der Waals surface area contributed by atoms with E-state index < -0.39 is 0 Å². The van der Waals surface area contributed by atoms with Gasteiger partial charge in [0.25, 0.3) is 5.91 Å². The Kier molecular flexibility index (Phi) is 7.54. The first-order chi connectivity index (χ1) is 13.7. The Morgan fingerprint density at radius 1 is 1.07 bits per heavy atom. The maximum atomic E-state index is 12.5. The molecule has 1 fully saturated rings. The number of carbonyl (C=O) groups excluding carboxylic acids is 2. The Hall–Kier alpha value is -2.27. The first kappa shape index (κ1) is 20.5. The van der Waals surface area contributed by atoms with E-state index in [1.807, 2.05) is 59.5 Å². The lowest BCUT2D eigenvalue weighted by Crippen LogP contribution is -2.34. The zero-order valence-electron chi connectivity index (χ0n) is 16.4. The summed E-state index contributed by atoms with van der Waals surface area (Å²) >= 11 is 1.64. The van der Waals surface area contributed by atoms with Crippen LogP contribution in [0.15, 0.2) is 54.6 Å². The van der Waals surface area contributed by atoms with Crippen molar-refractivity contribution in [3.8, 4) is 0 Å². The summed E-state index contributed by atoms with van der Waals surface area (Å²) in [5.74, 6) is 2.15. The fourth-order valence-corrected chi connectivity index (χ4v) is 3.91. The minimum atomic E-state index is -0.115. The van der Waals surface area contributed by atoms with E-state index in [-0.39, 0.29) is 11.8 Å². The number of rotatable bonds is 10. The normalized spacial score (nSPS) is 13.2. The van der Waals surface area contributed by atoms with Crippen molar-refractivity contribution < 1.29 is 9.59 Å². The highest BCUT2D eigenvalue weighted by Gasteiger charge is 2.26. The molecular weight excluding hydrogens is 368 g/mol. The van der Waals surface area contributed by atoms with Gasteiger partial charge in [0.2, 0.25) is 5.91 Å². The summed E-state index contributed by atoms with van der Waals surface area (Å²) in [6.45, 7) is 3.91. The molecule has 0 aromatic heterocycles. The van der Waals surface area contributed by atoms with E-state index in [1.54, 1.807) is 11.8 Å². The minimum Gasteiger partial charge on any atom is -0.342 e. The van der Waals surface area contributed by atoms with Gasteiger partial charge in [0.15, 0.2) is 0 Å². The molecular formula is C23H28N2O2S. The summed E-state index contributed by atoms with van der Waals surface area (Å²) < 4.78 is 0. The number of nitrogens with one attached hydrogen (secondary N) is 1. The summed E-state index contributed by atoms with van der Waals surface area (Å²) in [5, 5.41) is 2.89. The highest BCUT2D eigenvalue weighted by Crippen LogP contribution is 2.30. The second-order valence-electron chi connectivity index (χ2n) is 7.29. The van der Waals surface area contributed by atoms with Crippen molar-refractivity contribution in [2.75, 3.05) is 24.2 Å². The first-order valence-corrected chi connectivity index (χ1v) is 11.1. The summed E-state index contributed by atoms with van der Waals surface area (Å²) in [5.41, 5.74) is 2.54. The topological polar surface area (TPSA) is 49.4 Å². The van der Waals surface area contributed by atoms with Gasteiger partial charge in [-0.25, -0.2) is 0 Å². The number of nitrogens with zero attached hydrogens (tertiary/aromatic N) is 1. The number of para-hydroxylation sites is 1. The van der Waals surface area contributed by atoms with Crippen LogP contribution in [0.1, 0.15) is 42.1 Å². The first-order valence-electron chi connectivity index (χ1n) is 9.96. The number of hydrogen-bond donors (Lipinski definition) is 1. The molecule has 1 aliphatic rings. The van der Waals surface area contributed by atoms with Gasteiger partial charge in [-0.2, -0.15) is 0 Å². The van der Waals surface area contributed by atoms with Gasteiger partial charge in [0.05, 0.1) is 5.75 Å². The molecule has 5 heteroatoms. The molecule has 28 heavy (non-hydrogen) atoms. The van der Waals surface area contributed by atoms with Crippen LogP contribution in [-0.2, 0) is 10.5 Å². The highest BCUT2D eigenvalue weighted by atomic mass is 32.2. The number of hydrogen-bond acceptors (Lipinski definition) is 3. The molecule has 1 N–H and O–H groups in total.